The van der Waals surface area contributed by atoms with Crippen molar-refractivity contribution in [1.82, 2.24) is 15.5 Å². The molecule has 0 radical (unpaired) electrons. The number of carbonyl (C=O) groups excluding carboxylic acids is 1. The number of piperidine rings is 1. The lowest BCUT2D eigenvalue weighted by atomic mass is 9.97. The van der Waals surface area contributed by atoms with Crippen molar-refractivity contribution in [2.45, 2.75) is 46.6 Å². The van der Waals surface area contributed by atoms with Gasteiger partial charge in [-0.1, -0.05) is 27.7 Å². The lowest BCUT2D eigenvalue weighted by molar-refractivity contribution is -0.122. The van der Waals surface area contributed by atoms with Crippen molar-refractivity contribution < 1.29 is 4.79 Å². The van der Waals surface area contributed by atoms with Crippen molar-refractivity contribution in [1.29, 1.82) is 0 Å². The fraction of sp³-hybridized carbons (Fsp3) is 0.933. The lowest BCUT2D eigenvalue weighted by Gasteiger charge is -2.32. The molecule has 1 aliphatic rings. The molecule has 1 heterocycles. The lowest BCUT2D eigenvalue weighted by Crippen LogP contribution is -2.45. The number of nitrogens with one attached hydrogen (secondary N) is 2. The minimum Gasteiger partial charge on any atom is -0.355 e. The summed E-state index contributed by atoms with van der Waals surface area (Å²) in [5, 5.41) is 6.50. The van der Waals surface area contributed by atoms with E-state index in [-0.39, 0.29) is 5.91 Å². The first-order chi connectivity index (χ1) is 8.97. The van der Waals surface area contributed by atoms with Gasteiger partial charge in [0.1, 0.15) is 0 Å². The second-order valence-corrected chi connectivity index (χ2v) is 6.50. The smallest absolute Gasteiger partial charge is 0.234 e. The number of likely N-dealkylation sites (tertiary alicyclic amines) is 1. The van der Waals surface area contributed by atoms with Gasteiger partial charge >= 0.3 is 0 Å². The Hall–Kier alpha value is -0.610. The van der Waals surface area contributed by atoms with Crippen LogP contribution in [0.4, 0.5) is 0 Å². The molecule has 1 atom stereocenters. The topological polar surface area (TPSA) is 44.4 Å². The van der Waals surface area contributed by atoms with Gasteiger partial charge in [0.2, 0.25) is 5.91 Å². The van der Waals surface area contributed by atoms with Gasteiger partial charge in [0.05, 0.1) is 6.54 Å². The number of hydrogen-bond donors (Lipinski definition) is 2. The molecule has 19 heavy (non-hydrogen) atoms. The zero-order valence-electron chi connectivity index (χ0n) is 13.0. The van der Waals surface area contributed by atoms with Crippen LogP contribution in [-0.4, -0.2) is 49.6 Å². The van der Waals surface area contributed by atoms with Gasteiger partial charge in [-0.3, -0.25) is 9.69 Å². The predicted molar refractivity (Wildman–Crippen MR) is 80.2 cm³/mol. The average molecular weight is 269 g/mol. The molecule has 1 amide bonds. The molecule has 2 N–H and O–H groups in total. The van der Waals surface area contributed by atoms with E-state index in [1.54, 1.807) is 0 Å². The van der Waals surface area contributed by atoms with Crippen LogP contribution in [0, 0.1) is 11.8 Å². The van der Waals surface area contributed by atoms with Crippen LogP contribution in [0.5, 0.6) is 0 Å². The van der Waals surface area contributed by atoms with Crippen LogP contribution in [0.3, 0.4) is 0 Å². The standard InChI is InChI=1S/C15H31N3O/c1-12(2)8-17-15(19)11-18-7-5-6-14(10-18)9-16-13(3)4/h12-14,16H,5-11H2,1-4H3,(H,17,19). The molecule has 1 aliphatic heterocycles. The first kappa shape index (κ1) is 16.4. The maximum Gasteiger partial charge on any atom is 0.234 e. The van der Waals surface area contributed by atoms with Crippen molar-refractivity contribution in [3.8, 4) is 0 Å². The van der Waals surface area contributed by atoms with E-state index in [4.69, 9.17) is 0 Å². The normalized spacial score (nSPS) is 21.1. The van der Waals surface area contributed by atoms with Crippen LogP contribution in [-0.2, 0) is 4.79 Å². The Balaban J connectivity index is 2.24. The summed E-state index contributed by atoms with van der Waals surface area (Å²) in [6.07, 6.45) is 2.49. The van der Waals surface area contributed by atoms with Gasteiger partial charge in [0.25, 0.3) is 0 Å². The summed E-state index contributed by atoms with van der Waals surface area (Å²) in [4.78, 5) is 14.1. The molecule has 0 aromatic heterocycles. The van der Waals surface area contributed by atoms with E-state index in [0.717, 1.165) is 26.2 Å². The highest BCUT2D eigenvalue weighted by Gasteiger charge is 2.21. The molecular formula is C15H31N3O. The Morgan fingerprint density at radius 1 is 1.32 bits per heavy atom. The third-order valence-electron chi connectivity index (χ3n) is 3.49. The second kappa shape index (κ2) is 8.54. The summed E-state index contributed by atoms with van der Waals surface area (Å²) < 4.78 is 0. The average Bonchev–Trinajstić information content (AvgIpc) is 2.34. The Morgan fingerprint density at radius 2 is 2.05 bits per heavy atom. The van der Waals surface area contributed by atoms with E-state index >= 15 is 0 Å². The molecule has 0 spiro atoms. The molecular weight excluding hydrogens is 238 g/mol. The van der Waals surface area contributed by atoms with Gasteiger partial charge in [-0.2, -0.15) is 0 Å². The van der Waals surface area contributed by atoms with E-state index in [1.807, 2.05) is 0 Å². The van der Waals surface area contributed by atoms with Crippen LogP contribution in [0.15, 0.2) is 0 Å². The summed E-state index contributed by atoms with van der Waals surface area (Å²) in [5.74, 6) is 1.38. The highest BCUT2D eigenvalue weighted by molar-refractivity contribution is 5.78. The van der Waals surface area contributed by atoms with Gasteiger partial charge in [0.15, 0.2) is 0 Å². The molecule has 0 aliphatic carbocycles. The Kier molecular flexibility index (Phi) is 7.39. The van der Waals surface area contributed by atoms with Crippen molar-refractivity contribution in [3.63, 3.8) is 0 Å². The summed E-state index contributed by atoms with van der Waals surface area (Å²) in [5.41, 5.74) is 0. The Morgan fingerprint density at radius 3 is 2.68 bits per heavy atom. The third-order valence-corrected chi connectivity index (χ3v) is 3.49. The molecule has 1 saturated heterocycles. The fourth-order valence-electron chi connectivity index (χ4n) is 2.44. The van der Waals surface area contributed by atoms with E-state index < -0.39 is 0 Å². The minimum atomic E-state index is 0.172. The molecule has 112 valence electrons. The highest BCUT2D eigenvalue weighted by Crippen LogP contribution is 2.15. The van der Waals surface area contributed by atoms with Gasteiger partial charge in [0, 0.05) is 19.1 Å². The summed E-state index contributed by atoms with van der Waals surface area (Å²) in [6, 6.07) is 0.546. The van der Waals surface area contributed by atoms with Gasteiger partial charge in [-0.05, 0) is 37.8 Å². The highest BCUT2D eigenvalue weighted by atomic mass is 16.2. The maximum absolute atomic E-state index is 11.8. The first-order valence-electron chi connectivity index (χ1n) is 7.69. The zero-order chi connectivity index (χ0) is 14.3. The quantitative estimate of drug-likeness (QED) is 0.735. The third kappa shape index (κ3) is 7.53. The second-order valence-electron chi connectivity index (χ2n) is 6.50. The van der Waals surface area contributed by atoms with Crippen LogP contribution in [0.1, 0.15) is 40.5 Å². The Bertz CT molecular complexity index is 266. The van der Waals surface area contributed by atoms with E-state index in [1.165, 1.54) is 12.8 Å². The predicted octanol–water partition coefficient (Wildman–Crippen LogP) is 1.47. The molecule has 1 fully saturated rings. The van der Waals surface area contributed by atoms with Gasteiger partial charge < -0.3 is 10.6 Å². The van der Waals surface area contributed by atoms with Crippen LogP contribution >= 0.6 is 0 Å². The number of carbonyl (C=O) groups is 1. The number of nitrogens with zero attached hydrogens (tertiary/aromatic N) is 1. The maximum atomic E-state index is 11.8. The van der Waals surface area contributed by atoms with E-state index in [0.29, 0.717) is 24.4 Å². The molecule has 0 saturated carbocycles. The summed E-state index contributed by atoms with van der Waals surface area (Å²) >= 11 is 0. The monoisotopic (exact) mass is 269 g/mol. The van der Waals surface area contributed by atoms with Crippen LogP contribution in [0.2, 0.25) is 0 Å². The van der Waals surface area contributed by atoms with Crippen LogP contribution < -0.4 is 10.6 Å². The summed E-state index contributed by atoms with van der Waals surface area (Å²) in [6.45, 7) is 13.1. The van der Waals surface area contributed by atoms with Crippen molar-refractivity contribution in [2.24, 2.45) is 11.8 Å². The molecule has 4 heteroatoms. The molecule has 4 nitrogen and oxygen atoms in total. The minimum absolute atomic E-state index is 0.172. The van der Waals surface area contributed by atoms with E-state index in [9.17, 15) is 4.79 Å². The molecule has 1 rings (SSSR count). The molecule has 1 unspecified atom stereocenters. The van der Waals surface area contributed by atoms with Crippen molar-refractivity contribution in [3.05, 3.63) is 0 Å². The van der Waals surface area contributed by atoms with Gasteiger partial charge in [-0.15, -0.1) is 0 Å². The van der Waals surface area contributed by atoms with Crippen molar-refractivity contribution in [2.75, 3.05) is 32.7 Å². The molecule has 0 aromatic carbocycles. The SMILES string of the molecule is CC(C)CNC(=O)CN1CCCC(CNC(C)C)C1. The first-order valence-corrected chi connectivity index (χ1v) is 7.69. The molecule has 0 aromatic rings. The number of rotatable bonds is 7. The van der Waals surface area contributed by atoms with Crippen molar-refractivity contribution >= 4 is 5.91 Å². The van der Waals surface area contributed by atoms with Gasteiger partial charge in [-0.25, -0.2) is 0 Å². The fourth-order valence-corrected chi connectivity index (χ4v) is 2.44. The molecule has 0 bridgehead atoms. The summed E-state index contributed by atoms with van der Waals surface area (Å²) in [7, 11) is 0. The largest absolute Gasteiger partial charge is 0.355 e. The zero-order valence-corrected chi connectivity index (χ0v) is 13.0. The van der Waals surface area contributed by atoms with Crippen LogP contribution in [0.25, 0.3) is 0 Å². The van der Waals surface area contributed by atoms with E-state index in [2.05, 4.69) is 43.2 Å². The number of hydrogen-bond acceptors (Lipinski definition) is 3. The Labute approximate surface area is 118 Å². The number of amides is 1.